The summed E-state index contributed by atoms with van der Waals surface area (Å²) in [5.74, 6) is 0.377. The molecule has 1 amide bonds. The molecule has 0 unspecified atom stereocenters. The van der Waals surface area contributed by atoms with Gasteiger partial charge < -0.3 is 14.6 Å². The average molecular weight is 422 g/mol. The van der Waals surface area contributed by atoms with Crippen molar-refractivity contribution in [2.24, 2.45) is 0 Å². The molecule has 2 aromatic rings. The number of ether oxygens (including phenoxy) is 1. The van der Waals surface area contributed by atoms with Crippen LogP contribution in [0.25, 0.3) is 0 Å². The fourth-order valence-corrected chi connectivity index (χ4v) is 5.06. The van der Waals surface area contributed by atoms with Gasteiger partial charge in [-0.1, -0.05) is 19.0 Å². The van der Waals surface area contributed by atoms with Gasteiger partial charge in [0.15, 0.2) is 5.76 Å². The van der Waals surface area contributed by atoms with Crippen LogP contribution < -0.4 is 10.1 Å². The Morgan fingerprint density at radius 1 is 1.31 bits per heavy atom. The van der Waals surface area contributed by atoms with Gasteiger partial charge in [-0.3, -0.25) is 4.79 Å². The van der Waals surface area contributed by atoms with E-state index < -0.39 is 10.0 Å². The van der Waals surface area contributed by atoms with E-state index in [4.69, 9.17) is 9.26 Å². The number of sulfonamides is 1. The summed E-state index contributed by atoms with van der Waals surface area (Å²) in [7, 11) is -3.71. The topological polar surface area (TPSA) is 102 Å². The first-order valence-electron chi connectivity index (χ1n) is 9.80. The van der Waals surface area contributed by atoms with Gasteiger partial charge in [0.1, 0.15) is 16.2 Å². The van der Waals surface area contributed by atoms with Crippen LogP contribution in [0, 0.1) is 6.92 Å². The summed E-state index contributed by atoms with van der Waals surface area (Å²) in [5.41, 5.74) is 1.23. The number of nitrogens with zero attached hydrogens (tertiary/aromatic N) is 2. The molecule has 1 aliphatic rings. The summed E-state index contributed by atoms with van der Waals surface area (Å²) < 4.78 is 38.5. The van der Waals surface area contributed by atoms with Crippen LogP contribution in [0.5, 0.6) is 5.75 Å². The molecule has 0 saturated carbocycles. The Kier molecular flexibility index (Phi) is 6.28. The van der Waals surface area contributed by atoms with Crippen LogP contribution in [0.15, 0.2) is 27.6 Å². The van der Waals surface area contributed by atoms with E-state index in [-0.39, 0.29) is 22.5 Å². The van der Waals surface area contributed by atoms with Crippen molar-refractivity contribution in [1.29, 1.82) is 0 Å². The van der Waals surface area contributed by atoms with E-state index in [0.717, 1.165) is 12.8 Å². The second-order valence-electron chi connectivity index (χ2n) is 7.32. The summed E-state index contributed by atoms with van der Waals surface area (Å²) in [6, 6.07) is 4.66. The molecule has 0 atom stereocenters. The highest BCUT2D eigenvalue weighted by molar-refractivity contribution is 7.89. The maximum Gasteiger partial charge on any atom is 0.261 e. The van der Waals surface area contributed by atoms with Crippen LogP contribution in [-0.4, -0.2) is 43.5 Å². The lowest BCUT2D eigenvalue weighted by Crippen LogP contribution is -2.28. The molecular formula is C20H27N3O5S. The number of amides is 1. The predicted octanol–water partition coefficient (Wildman–Crippen LogP) is 3.54. The Hall–Kier alpha value is -2.39. The molecule has 8 nitrogen and oxygen atoms in total. The summed E-state index contributed by atoms with van der Waals surface area (Å²) >= 11 is 0. The van der Waals surface area contributed by atoms with Gasteiger partial charge in [0.2, 0.25) is 10.0 Å². The SMILES string of the molecule is CCOc1ccc(NC(=O)c2c(C)noc2C(C)C)cc1S(=O)(=O)N1CCCC1. The highest BCUT2D eigenvalue weighted by Gasteiger charge is 2.31. The summed E-state index contributed by atoms with van der Waals surface area (Å²) in [6.07, 6.45) is 1.68. The first kappa shape index (κ1) is 21.3. The van der Waals surface area contributed by atoms with Gasteiger partial charge in [0.25, 0.3) is 5.91 Å². The number of aromatic nitrogens is 1. The fraction of sp³-hybridized carbons (Fsp3) is 0.500. The monoisotopic (exact) mass is 421 g/mol. The molecule has 0 bridgehead atoms. The lowest BCUT2D eigenvalue weighted by Gasteiger charge is -2.19. The zero-order chi connectivity index (χ0) is 21.2. The number of hydrogen-bond donors (Lipinski definition) is 1. The number of carbonyl (C=O) groups excluding carboxylic acids is 1. The third-order valence-electron chi connectivity index (χ3n) is 4.82. The van der Waals surface area contributed by atoms with Crippen molar-refractivity contribution in [1.82, 2.24) is 9.46 Å². The van der Waals surface area contributed by atoms with Crippen LogP contribution in [-0.2, 0) is 10.0 Å². The number of carbonyl (C=O) groups is 1. The number of rotatable bonds is 7. The van der Waals surface area contributed by atoms with Gasteiger partial charge in [0, 0.05) is 24.7 Å². The molecule has 9 heteroatoms. The largest absolute Gasteiger partial charge is 0.492 e. The minimum atomic E-state index is -3.71. The molecule has 1 fully saturated rings. The maximum absolute atomic E-state index is 13.1. The molecule has 1 N–H and O–H groups in total. The third-order valence-corrected chi connectivity index (χ3v) is 6.74. The molecule has 1 aromatic carbocycles. The fourth-order valence-electron chi connectivity index (χ4n) is 3.38. The number of aryl methyl sites for hydroxylation is 1. The van der Waals surface area contributed by atoms with Crippen molar-refractivity contribution in [3.8, 4) is 5.75 Å². The molecule has 1 aromatic heterocycles. The smallest absolute Gasteiger partial charge is 0.261 e. The van der Waals surface area contributed by atoms with Crippen LogP contribution >= 0.6 is 0 Å². The number of anilines is 1. The maximum atomic E-state index is 13.1. The standard InChI is InChI=1S/C20H27N3O5S/c1-5-27-16-9-8-15(12-17(16)29(25,26)23-10-6-7-11-23)21-20(24)18-14(4)22-28-19(18)13(2)3/h8-9,12-13H,5-7,10-11H2,1-4H3,(H,21,24). The van der Waals surface area contributed by atoms with E-state index in [1.807, 2.05) is 13.8 Å². The second kappa shape index (κ2) is 8.54. The number of hydrogen-bond acceptors (Lipinski definition) is 6. The van der Waals surface area contributed by atoms with E-state index in [9.17, 15) is 13.2 Å². The molecule has 158 valence electrons. The molecule has 1 aliphatic heterocycles. The highest BCUT2D eigenvalue weighted by atomic mass is 32.2. The minimum Gasteiger partial charge on any atom is -0.492 e. The van der Waals surface area contributed by atoms with E-state index in [1.54, 1.807) is 26.0 Å². The second-order valence-corrected chi connectivity index (χ2v) is 9.23. The zero-order valence-corrected chi connectivity index (χ0v) is 18.0. The molecule has 3 rings (SSSR count). The van der Waals surface area contributed by atoms with Crippen LogP contribution in [0.3, 0.4) is 0 Å². The third kappa shape index (κ3) is 4.30. The molecular weight excluding hydrogens is 394 g/mol. The van der Waals surface area contributed by atoms with Gasteiger partial charge >= 0.3 is 0 Å². The van der Waals surface area contributed by atoms with Crippen molar-refractivity contribution in [2.75, 3.05) is 25.0 Å². The van der Waals surface area contributed by atoms with Crippen LogP contribution in [0.2, 0.25) is 0 Å². The number of nitrogens with one attached hydrogen (secondary N) is 1. The number of benzene rings is 1. The summed E-state index contributed by atoms with van der Waals surface area (Å²) in [5, 5.41) is 6.67. The lowest BCUT2D eigenvalue weighted by molar-refractivity contribution is 0.102. The van der Waals surface area contributed by atoms with Crippen molar-refractivity contribution >= 4 is 21.6 Å². The molecule has 0 spiro atoms. The van der Waals surface area contributed by atoms with E-state index in [1.165, 1.54) is 10.4 Å². The molecule has 0 radical (unpaired) electrons. The van der Waals surface area contributed by atoms with Crippen LogP contribution in [0.1, 0.15) is 61.3 Å². The first-order chi connectivity index (χ1) is 13.8. The van der Waals surface area contributed by atoms with E-state index >= 15 is 0 Å². The summed E-state index contributed by atoms with van der Waals surface area (Å²) in [6.45, 7) is 8.63. The van der Waals surface area contributed by atoms with Gasteiger partial charge in [-0.2, -0.15) is 4.31 Å². The van der Waals surface area contributed by atoms with E-state index in [2.05, 4.69) is 10.5 Å². The quantitative estimate of drug-likeness (QED) is 0.734. The molecule has 1 saturated heterocycles. The zero-order valence-electron chi connectivity index (χ0n) is 17.2. The van der Waals surface area contributed by atoms with Crippen LogP contribution in [0.4, 0.5) is 5.69 Å². The average Bonchev–Trinajstić information content (AvgIpc) is 3.33. The predicted molar refractivity (Wildman–Crippen MR) is 109 cm³/mol. The Labute approximate surface area is 171 Å². The summed E-state index contributed by atoms with van der Waals surface area (Å²) in [4.78, 5) is 12.9. The lowest BCUT2D eigenvalue weighted by atomic mass is 10.0. The Morgan fingerprint density at radius 2 is 2.00 bits per heavy atom. The first-order valence-corrected chi connectivity index (χ1v) is 11.2. The molecule has 2 heterocycles. The van der Waals surface area contributed by atoms with Crippen molar-refractivity contribution < 1.29 is 22.5 Å². The van der Waals surface area contributed by atoms with Crippen molar-refractivity contribution in [3.05, 3.63) is 35.2 Å². The normalized spacial score (nSPS) is 15.1. The van der Waals surface area contributed by atoms with Gasteiger partial charge in [-0.15, -0.1) is 0 Å². The van der Waals surface area contributed by atoms with Crippen molar-refractivity contribution in [2.45, 2.75) is 51.3 Å². The Bertz CT molecular complexity index is 992. The minimum absolute atomic E-state index is 0.0108. The Balaban J connectivity index is 1.95. The van der Waals surface area contributed by atoms with E-state index in [0.29, 0.717) is 42.4 Å². The highest BCUT2D eigenvalue weighted by Crippen LogP contribution is 2.32. The molecule has 0 aliphatic carbocycles. The van der Waals surface area contributed by atoms with Gasteiger partial charge in [-0.05, 0) is 44.9 Å². The molecule has 29 heavy (non-hydrogen) atoms. The Morgan fingerprint density at radius 3 is 2.62 bits per heavy atom. The van der Waals surface area contributed by atoms with Crippen molar-refractivity contribution in [3.63, 3.8) is 0 Å². The van der Waals surface area contributed by atoms with Gasteiger partial charge in [-0.25, -0.2) is 8.42 Å². The van der Waals surface area contributed by atoms with Gasteiger partial charge in [0.05, 0.1) is 12.3 Å².